The predicted molar refractivity (Wildman–Crippen MR) is 114 cm³/mol. The number of halogens is 1. The molecule has 0 aliphatic carbocycles. The number of unbranched alkanes of at least 4 members (excludes halogenated alkanes) is 6. The Kier molecular flexibility index (Phi) is 11.5. The Morgan fingerprint density at radius 2 is 1.59 bits per heavy atom. The van der Waals surface area contributed by atoms with Gasteiger partial charge in [-0.15, -0.1) is 0 Å². The molecular weight excluding hydrogens is 371 g/mol. The van der Waals surface area contributed by atoms with Gasteiger partial charge in [0.2, 0.25) is 5.91 Å². The zero-order valence-electron chi connectivity index (χ0n) is 18.3. The van der Waals surface area contributed by atoms with Crippen LogP contribution in [0.25, 0.3) is 0 Å². The monoisotopic (exact) mass is 409 g/mol. The van der Waals surface area contributed by atoms with Gasteiger partial charge < -0.3 is 14.9 Å². The molecule has 1 aromatic carbocycles. The SMILES string of the molecule is C[N+](C)(C)CC(CC(=O)O)NC(=O)CCCCCCCCCc1ccccc1F. The number of nitrogens with one attached hydrogen (secondary N) is 1. The number of quaternary nitrogens is 1. The predicted octanol–water partition coefficient (Wildman–Crippen LogP) is 4.15. The molecule has 5 nitrogen and oxygen atoms in total. The maximum absolute atomic E-state index is 13.5. The fourth-order valence-electron chi connectivity index (χ4n) is 3.52. The molecule has 0 fully saturated rings. The van der Waals surface area contributed by atoms with E-state index in [0.717, 1.165) is 56.9 Å². The quantitative estimate of drug-likeness (QED) is 0.338. The number of carboxylic acid groups (broad SMARTS) is 1. The lowest BCUT2D eigenvalue weighted by atomic mass is 10.0. The van der Waals surface area contributed by atoms with Gasteiger partial charge in [-0.3, -0.25) is 9.59 Å². The molecule has 1 amide bonds. The van der Waals surface area contributed by atoms with Crippen molar-refractivity contribution >= 4 is 11.9 Å². The molecule has 0 aliphatic rings. The summed E-state index contributed by atoms with van der Waals surface area (Å²) in [5.41, 5.74) is 0.796. The molecular formula is C23H38FN2O3+. The second kappa shape index (κ2) is 13.3. The number of likely N-dealkylation sites (N-methyl/N-ethyl adjacent to an activating group) is 1. The molecule has 6 heteroatoms. The van der Waals surface area contributed by atoms with Gasteiger partial charge in [-0.05, 0) is 30.9 Å². The summed E-state index contributed by atoms with van der Waals surface area (Å²) in [6, 6.07) is 6.62. The number of rotatable bonds is 15. The molecule has 1 atom stereocenters. The third-order valence-corrected chi connectivity index (χ3v) is 4.86. The van der Waals surface area contributed by atoms with Gasteiger partial charge in [-0.2, -0.15) is 0 Å². The van der Waals surface area contributed by atoms with Crippen LogP contribution in [0, 0.1) is 5.82 Å². The van der Waals surface area contributed by atoms with E-state index in [-0.39, 0.29) is 24.2 Å². The molecule has 1 unspecified atom stereocenters. The lowest BCUT2D eigenvalue weighted by Crippen LogP contribution is -2.49. The van der Waals surface area contributed by atoms with E-state index in [1.807, 2.05) is 33.3 Å². The molecule has 0 radical (unpaired) electrons. The summed E-state index contributed by atoms with van der Waals surface area (Å²) in [5, 5.41) is 11.9. The summed E-state index contributed by atoms with van der Waals surface area (Å²) < 4.78 is 14.1. The topological polar surface area (TPSA) is 66.4 Å². The summed E-state index contributed by atoms with van der Waals surface area (Å²) in [7, 11) is 5.95. The lowest BCUT2D eigenvalue weighted by molar-refractivity contribution is -0.871. The number of carbonyl (C=O) groups is 2. The standard InChI is InChI=1S/C23H37FN2O3/c1-26(2,3)18-20(17-23(28)29)25-22(27)16-10-8-6-4-5-7-9-13-19-14-11-12-15-21(19)24/h11-12,14-15,20H,4-10,13,16-18H2,1-3H3,(H-,25,27,28,29)/p+1. The van der Waals surface area contributed by atoms with Crippen LogP contribution < -0.4 is 5.32 Å². The lowest BCUT2D eigenvalue weighted by Gasteiger charge is -2.29. The highest BCUT2D eigenvalue weighted by molar-refractivity contribution is 5.77. The first-order valence-electron chi connectivity index (χ1n) is 10.7. The van der Waals surface area contributed by atoms with E-state index in [1.165, 1.54) is 6.07 Å². The Balaban J connectivity index is 2.09. The minimum atomic E-state index is -0.890. The van der Waals surface area contributed by atoms with Crippen molar-refractivity contribution < 1.29 is 23.6 Å². The number of carbonyl (C=O) groups excluding carboxylic acids is 1. The van der Waals surface area contributed by atoms with Gasteiger partial charge in [0.1, 0.15) is 5.82 Å². The summed E-state index contributed by atoms with van der Waals surface area (Å²) in [6.45, 7) is 0.588. The summed E-state index contributed by atoms with van der Waals surface area (Å²) >= 11 is 0. The maximum atomic E-state index is 13.5. The van der Waals surface area contributed by atoms with Crippen molar-refractivity contribution in [3.8, 4) is 0 Å². The highest BCUT2D eigenvalue weighted by Crippen LogP contribution is 2.13. The number of carboxylic acids is 1. The van der Waals surface area contributed by atoms with Crippen LogP contribution in [0.5, 0.6) is 0 Å². The molecule has 1 aromatic rings. The Hall–Kier alpha value is -1.95. The van der Waals surface area contributed by atoms with Crippen LogP contribution >= 0.6 is 0 Å². The molecule has 0 aromatic heterocycles. The number of benzene rings is 1. The second-order valence-corrected chi connectivity index (χ2v) is 8.90. The summed E-state index contributed by atoms with van der Waals surface area (Å²) in [5.74, 6) is -1.06. The molecule has 29 heavy (non-hydrogen) atoms. The van der Waals surface area contributed by atoms with E-state index in [0.29, 0.717) is 17.4 Å². The van der Waals surface area contributed by atoms with Crippen LogP contribution in [0.2, 0.25) is 0 Å². The average Bonchev–Trinajstić information content (AvgIpc) is 2.59. The highest BCUT2D eigenvalue weighted by atomic mass is 19.1. The number of aryl methyl sites for hydroxylation is 1. The van der Waals surface area contributed by atoms with Crippen LogP contribution in [-0.4, -0.2) is 55.2 Å². The van der Waals surface area contributed by atoms with Gasteiger partial charge in [0, 0.05) is 6.42 Å². The van der Waals surface area contributed by atoms with E-state index in [9.17, 15) is 14.0 Å². The third kappa shape index (κ3) is 13.0. The molecule has 1 rings (SSSR count). The van der Waals surface area contributed by atoms with Crippen LogP contribution in [0.3, 0.4) is 0 Å². The van der Waals surface area contributed by atoms with Crippen molar-refractivity contribution in [3.63, 3.8) is 0 Å². The Morgan fingerprint density at radius 1 is 1.00 bits per heavy atom. The van der Waals surface area contributed by atoms with Gasteiger partial charge >= 0.3 is 5.97 Å². The van der Waals surface area contributed by atoms with Crippen molar-refractivity contribution in [1.29, 1.82) is 0 Å². The Labute approximate surface area is 174 Å². The summed E-state index contributed by atoms with van der Waals surface area (Å²) in [6.07, 6.45) is 8.45. The smallest absolute Gasteiger partial charge is 0.305 e. The molecule has 0 saturated heterocycles. The third-order valence-electron chi connectivity index (χ3n) is 4.86. The van der Waals surface area contributed by atoms with Crippen LogP contribution in [0.15, 0.2) is 24.3 Å². The highest BCUT2D eigenvalue weighted by Gasteiger charge is 2.22. The molecule has 0 saturated carbocycles. The number of hydrogen-bond acceptors (Lipinski definition) is 2. The molecule has 0 aliphatic heterocycles. The molecule has 2 N–H and O–H groups in total. The fraction of sp³-hybridized carbons (Fsp3) is 0.652. The molecule has 0 bridgehead atoms. The number of aliphatic carboxylic acids is 1. The first kappa shape index (κ1) is 25.1. The van der Waals surface area contributed by atoms with Gasteiger partial charge in [-0.25, -0.2) is 4.39 Å². The second-order valence-electron chi connectivity index (χ2n) is 8.90. The summed E-state index contributed by atoms with van der Waals surface area (Å²) in [4.78, 5) is 23.1. The fourth-order valence-corrected chi connectivity index (χ4v) is 3.52. The number of hydrogen-bond donors (Lipinski definition) is 2. The van der Waals surface area contributed by atoms with E-state index < -0.39 is 5.97 Å². The zero-order valence-corrected chi connectivity index (χ0v) is 18.3. The van der Waals surface area contributed by atoms with Gasteiger partial charge in [0.05, 0.1) is 40.2 Å². The number of nitrogens with zero attached hydrogens (tertiary/aromatic N) is 1. The minimum absolute atomic E-state index is 0.0475. The Bertz CT molecular complexity index is 629. The van der Waals surface area contributed by atoms with Crippen molar-refractivity contribution in [3.05, 3.63) is 35.6 Å². The van der Waals surface area contributed by atoms with Crippen molar-refractivity contribution in [2.24, 2.45) is 0 Å². The zero-order chi connectivity index (χ0) is 21.7. The first-order valence-corrected chi connectivity index (χ1v) is 10.7. The molecule has 0 heterocycles. The van der Waals surface area contributed by atoms with Crippen molar-refractivity contribution in [2.75, 3.05) is 27.7 Å². The van der Waals surface area contributed by atoms with Crippen molar-refractivity contribution in [2.45, 2.75) is 70.3 Å². The minimum Gasteiger partial charge on any atom is -0.481 e. The maximum Gasteiger partial charge on any atom is 0.305 e. The van der Waals surface area contributed by atoms with Gasteiger partial charge in [0.25, 0.3) is 0 Å². The van der Waals surface area contributed by atoms with E-state index >= 15 is 0 Å². The van der Waals surface area contributed by atoms with Crippen molar-refractivity contribution in [1.82, 2.24) is 5.32 Å². The van der Waals surface area contributed by atoms with Crippen LogP contribution in [0.1, 0.15) is 63.4 Å². The normalized spacial score (nSPS) is 12.6. The van der Waals surface area contributed by atoms with Gasteiger partial charge in [0.15, 0.2) is 0 Å². The average molecular weight is 410 g/mol. The van der Waals surface area contributed by atoms with E-state index in [4.69, 9.17) is 5.11 Å². The van der Waals surface area contributed by atoms with E-state index in [1.54, 1.807) is 6.07 Å². The van der Waals surface area contributed by atoms with E-state index in [2.05, 4.69) is 5.32 Å². The largest absolute Gasteiger partial charge is 0.481 e. The first-order chi connectivity index (χ1) is 13.7. The molecule has 164 valence electrons. The van der Waals surface area contributed by atoms with Crippen LogP contribution in [-0.2, 0) is 16.0 Å². The number of amides is 1. The van der Waals surface area contributed by atoms with Gasteiger partial charge in [-0.1, -0.05) is 50.3 Å². The molecule has 0 spiro atoms. The Morgan fingerprint density at radius 3 is 2.17 bits per heavy atom. The van der Waals surface area contributed by atoms with Crippen LogP contribution in [0.4, 0.5) is 4.39 Å².